The lowest BCUT2D eigenvalue weighted by Gasteiger charge is -2.23. The fraction of sp³-hybridized carbons (Fsp3) is 0.484. The first-order valence-electron chi connectivity index (χ1n) is 13.7. The van der Waals surface area contributed by atoms with Gasteiger partial charge in [-0.25, -0.2) is 9.59 Å². The molecule has 2 aromatic carbocycles. The van der Waals surface area contributed by atoms with Crippen LogP contribution in [0.4, 0.5) is 4.79 Å². The Labute approximate surface area is 236 Å². The van der Waals surface area contributed by atoms with Gasteiger partial charge < -0.3 is 25.2 Å². The second-order valence-corrected chi connectivity index (χ2v) is 10.7. The maximum atomic E-state index is 13.2. The Balaban J connectivity index is 2.13. The zero-order chi connectivity index (χ0) is 29.7. The third kappa shape index (κ3) is 11.5. The number of nitrogens with one attached hydrogen (secondary N) is 2. The number of aliphatic carboxylic acids is 1. The monoisotopic (exact) mass is 554 g/mol. The van der Waals surface area contributed by atoms with E-state index < -0.39 is 41.6 Å². The van der Waals surface area contributed by atoms with E-state index >= 15 is 0 Å². The van der Waals surface area contributed by atoms with Crippen LogP contribution in [0, 0.1) is 0 Å². The number of alkyl carbamates (subject to hydrolysis) is 1. The van der Waals surface area contributed by atoms with E-state index in [4.69, 9.17) is 9.47 Å². The fourth-order valence-corrected chi connectivity index (χ4v) is 4.27. The van der Waals surface area contributed by atoms with Crippen LogP contribution in [0.25, 0.3) is 0 Å². The van der Waals surface area contributed by atoms with E-state index in [2.05, 4.69) is 24.5 Å². The van der Waals surface area contributed by atoms with Gasteiger partial charge in [0.25, 0.3) is 0 Å². The first-order chi connectivity index (χ1) is 18.9. The van der Waals surface area contributed by atoms with Gasteiger partial charge in [-0.3, -0.25) is 9.59 Å². The van der Waals surface area contributed by atoms with E-state index in [9.17, 15) is 24.3 Å². The van der Waals surface area contributed by atoms with E-state index in [0.717, 1.165) is 29.5 Å². The molecular formula is C31H42N2O7. The highest BCUT2D eigenvalue weighted by Gasteiger charge is 2.29. The van der Waals surface area contributed by atoms with Gasteiger partial charge in [0.1, 0.15) is 24.3 Å². The van der Waals surface area contributed by atoms with E-state index in [0.29, 0.717) is 5.92 Å². The normalized spacial score (nSPS) is 12.8. The quantitative estimate of drug-likeness (QED) is 0.276. The number of carboxylic acid groups (broad SMARTS) is 1. The molecule has 0 aliphatic heterocycles. The van der Waals surface area contributed by atoms with E-state index in [1.165, 1.54) is 0 Å². The zero-order valence-corrected chi connectivity index (χ0v) is 24.1. The topological polar surface area (TPSA) is 131 Å². The second-order valence-electron chi connectivity index (χ2n) is 10.7. The Hall–Kier alpha value is -3.88. The minimum atomic E-state index is -1.24. The van der Waals surface area contributed by atoms with Gasteiger partial charge in [-0.15, -0.1) is 0 Å². The largest absolute Gasteiger partial charge is 0.480 e. The Morgan fingerprint density at radius 3 is 2.12 bits per heavy atom. The number of hydrogen-bond acceptors (Lipinski definition) is 6. The molecule has 218 valence electrons. The third-order valence-corrected chi connectivity index (χ3v) is 6.34. The van der Waals surface area contributed by atoms with Gasteiger partial charge in [0, 0.05) is 12.8 Å². The van der Waals surface area contributed by atoms with Crippen molar-refractivity contribution in [2.45, 2.75) is 96.9 Å². The lowest BCUT2D eigenvalue weighted by atomic mass is 9.91. The number of benzene rings is 2. The smallest absolute Gasteiger partial charge is 0.408 e. The van der Waals surface area contributed by atoms with Crippen LogP contribution in [0.15, 0.2) is 54.6 Å². The molecule has 2 aromatic rings. The Morgan fingerprint density at radius 2 is 1.52 bits per heavy atom. The minimum Gasteiger partial charge on any atom is -0.480 e. The molecule has 0 bridgehead atoms. The zero-order valence-electron chi connectivity index (χ0n) is 24.1. The van der Waals surface area contributed by atoms with Gasteiger partial charge >= 0.3 is 18.0 Å². The molecule has 9 nitrogen and oxygen atoms in total. The Bertz CT molecular complexity index is 1120. The number of carbonyl (C=O) groups excluding carboxylic acids is 3. The molecule has 2 amide bonds. The molecule has 0 unspecified atom stereocenters. The Kier molecular flexibility index (Phi) is 12.6. The maximum absolute atomic E-state index is 13.2. The number of rotatable bonds is 14. The van der Waals surface area contributed by atoms with Crippen LogP contribution in [0.2, 0.25) is 0 Å². The summed E-state index contributed by atoms with van der Waals surface area (Å²) in [6.07, 6.45) is 0.862. The Morgan fingerprint density at radius 1 is 0.875 bits per heavy atom. The molecule has 3 N–H and O–H groups in total. The average molecular weight is 555 g/mol. The summed E-state index contributed by atoms with van der Waals surface area (Å²) in [6.45, 7) is 9.38. The number of amides is 2. The molecule has 0 spiro atoms. The summed E-state index contributed by atoms with van der Waals surface area (Å²) in [5, 5.41) is 14.9. The maximum Gasteiger partial charge on any atom is 0.408 e. The number of carboxylic acids is 1. The SMILES string of the molecule is CCC(CC)c1cccc(C[C@H](NC(=O)[C@H](CCC(=O)OC(C)(C)C)NC(=O)OCc2ccccc2)C(=O)O)c1. The van der Waals surface area contributed by atoms with Crippen molar-refractivity contribution in [3.63, 3.8) is 0 Å². The molecule has 0 saturated carbocycles. The third-order valence-electron chi connectivity index (χ3n) is 6.34. The molecule has 0 radical (unpaired) electrons. The van der Waals surface area contributed by atoms with Crippen molar-refractivity contribution in [3.8, 4) is 0 Å². The molecule has 40 heavy (non-hydrogen) atoms. The fourth-order valence-electron chi connectivity index (χ4n) is 4.27. The van der Waals surface area contributed by atoms with Crippen molar-refractivity contribution in [2.24, 2.45) is 0 Å². The molecular weight excluding hydrogens is 512 g/mol. The van der Waals surface area contributed by atoms with Crippen molar-refractivity contribution in [2.75, 3.05) is 0 Å². The first kappa shape index (κ1) is 32.3. The van der Waals surface area contributed by atoms with Gasteiger partial charge in [0.15, 0.2) is 0 Å². The molecule has 0 fully saturated rings. The second kappa shape index (κ2) is 15.6. The summed E-state index contributed by atoms with van der Waals surface area (Å²) in [5.74, 6) is -2.12. The molecule has 2 atom stereocenters. The summed E-state index contributed by atoms with van der Waals surface area (Å²) in [5.41, 5.74) is 1.94. The van der Waals surface area contributed by atoms with Gasteiger partial charge in [-0.1, -0.05) is 68.4 Å². The molecule has 0 heterocycles. The van der Waals surface area contributed by atoms with Crippen molar-refractivity contribution in [1.29, 1.82) is 0 Å². The number of ether oxygens (including phenoxy) is 2. The van der Waals surface area contributed by atoms with Crippen molar-refractivity contribution in [1.82, 2.24) is 10.6 Å². The standard InChI is InChI=1S/C31H42N2O7/c1-6-23(7-2)24-15-11-14-22(18-24)19-26(29(36)37)32-28(35)25(16-17-27(34)40-31(3,4)5)33-30(38)39-20-21-12-9-8-10-13-21/h8-15,18,23,25-26H,6-7,16-17,19-20H2,1-5H3,(H,32,35)(H,33,38)(H,36,37)/t25-,26-/m0/s1. The number of carbonyl (C=O) groups is 4. The predicted molar refractivity (Wildman–Crippen MR) is 152 cm³/mol. The molecule has 2 rings (SSSR count). The van der Waals surface area contributed by atoms with Crippen LogP contribution in [0.3, 0.4) is 0 Å². The highest BCUT2D eigenvalue weighted by molar-refractivity contribution is 5.89. The van der Waals surface area contributed by atoms with Crippen LogP contribution >= 0.6 is 0 Å². The van der Waals surface area contributed by atoms with Crippen LogP contribution in [0.5, 0.6) is 0 Å². The van der Waals surface area contributed by atoms with Crippen LogP contribution < -0.4 is 10.6 Å². The predicted octanol–water partition coefficient (Wildman–Crippen LogP) is 5.12. The van der Waals surface area contributed by atoms with Crippen molar-refractivity contribution < 1.29 is 33.8 Å². The van der Waals surface area contributed by atoms with Crippen LogP contribution in [-0.4, -0.2) is 46.7 Å². The summed E-state index contributed by atoms with van der Waals surface area (Å²) < 4.78 is 10.6. The lowest BCUT2D eigenvalue weighted by molar-refractivity contribution is -0.155. The number of hydrogen-bond donors (Lipinski definition) is 3. The van der Waals surface area contributed by atoms with Crippen molar-refractivity contribution in [3.05, 3.63) is 71.3 Å². The van der Waals surface area contributed by atoms with Gasteiger partial charge in [0.2, 0.25) is 5.91 Å². The highest BCUT2D eigenvalue weighted by atomic mass is 16.6. The van der Waals surface area contributed by atoms with Crippen molar-refractivity contribution >= 4 is 23.9 Å². The summed E-state index contributed by atoms with van der Waals surface area (Å²) in [6, 6.07) is 14.3. The molecule has 0 saturated heterocycles. The molecule has 0 aliphatic carbocycles. The average Bonchev–Trinajstić information content (AvgIpc) is 2.90. The van der Waals surface area contributed by atoms with E-state index in [-0.39, 0.29) is 25.9 Å². The van der Waals surface area contributed by atoms with Gasteiger partial charge in [0.05, 0.1) is 0 Å². The highest BCUT2D eigenvalue weighted by Crippen LogP contribution is 2.24. The van der Waals surface area contributed by atoms with E-state index in [1.807, 2.05) is 30.3 Å². The first-order valence-corrected chi connectivity index (χ1v) is 13.7. The summed E-state index contributed by atoms with van der Waals surface area (Å²) in [7, 11) is 0. The minimum absolute atomic E-state index is 0.0162. The molecule has 9 heteroatoms. The molecule has 0 aromatic heterocycles. The van der Waals surface area contributed by atoms with Gasteiger partial charge in [-0.05, 0) is 62.6 Å². The molecule has 0 aliphatic rings. The summed E-state index contributed by atoms with van der Waals surface area (Å²) >= 11 is 0. The summed E-state index contributed by atoms with van der Waals surface area (Å²) in [4.78, 5) is 50.1. The number of esters is 1. The van der Waals surface area contributed by atoms with Gasteiger partial charge in [-0.2, -0.15) is 0 Å². The van der Waals surface area contributed by atoms with Crippen LogP contribution in [0.1, 0.15) is 82.9 Å². The van der Waals surface area contributed by atoms with Crippen LogP contribution in [-0.2, 0) is 36.9 Å². The van der Waals surface area contributed by atoms with E-state index in [1.54, 1.807) is 45.0 Å². The lowest BCUT2D eigenvalue weighted by Crippen LogP contribution is -2.52.